The number of rotatable bonds is 4. The second-order valence-corrected chi connectivity index (χ2v) is 5.36. The second-order valence-electron chi connectivity index (χ2n) is 4.98. The van der Waals surface area contributed by atoms with Crippen LogP contribution in [0.25, 0.3) is 0 Å². The van der Waals surface area contributed by atoms with Crippen LogP contribution in [0.15, 0.2) is 24.3 Å². The summed E-state index contributed by atoms with van der Waals surface area (Å²) < 4.78 is 5.08. The largest absolute Gasteiger partial charge is 0.497 e. The smallest absolute Gasteiger partial charge is 0.226 e. The normalized spacial score (nSPS) is 16.0. The van der Waals surface area contributed by atoms with E-state index in [9.17, 15) is 9.59 Å². The van der Waals surface area contributed by atoms with Crippen LogP contribution in [0, 0.1) is 5.92 Å². The number of amides is 1. The fourth-order valence-corrected chi connectivity index (χ4v) is 2.60. The number of carbonyl (C=O) groups is 2. The van der Waals surface area contributed by atoms with Crippen LogP contribution in [0.3, 0.4) is 0 Å². The van der Waals surface area contributed by atoms with Crippen LogP contribution in [0.4, 0.5) is 0 Å². The Hall–Kier alpha value is -1.55. The summed E-state index contributed by atoms with van der Waals surface area (Å²) >= 11 is 5.49. The minimum Gasteiger partial charge on any atom is -0.497 e. The van der Waals surface area contributed by atoms with Crippen molar-refractivity contribution in [3.8, 4) is 5.75 Å². The fraction of sp³-hybridized carbons (Fsp3) is 0.467. The molecule has 1 aliphatic rings. The molecule has 0 N–H and O–H groups in total. The van der Waals surface area contributed by atoms with Crippen molar-refractivity contribution >= 4 is 22.8 Å². The molecule has 0 bridgehead atoms. The number of halogens is 1. The number of ether oxygens (including phenoxy) is 1. The molecule has 1 aromatic rings. The molecule has 1 saturated heterocycles. The van der Waals surface area contributed by atoms with Gasteiger partial charge in [0.25, 0.3) is 0 Å². The number of piperidine rings is 1. The number of methoxy groups -OCH3 is 1. The lowest BCUT2D eigenvalue weighted by atomic mass is 9.98. The maximum absolute atomic E-state index is 12.2. The summed E-state index contributed by atoms with van der Waals surface area (Å²) in [6.07, 6.45) is 1.71. The average molecular weight is 296 g/mol. The third kappa shape index (κ3) is 3.73. The number of hydrogen-bond donors (Lipinski definition) is 0. The highest BCUT2D eigenvalue weighted by Crippen LogP contribution is 2.20. The summed E-state index contributed by atoms with van der Waals surface area (Å²) in [5, 5.41) is -0.285. The fourth-order valence-electron chi connectivity index (χ4n) is 2.39. The van der Waals surface area contributed by atoms with E-state index < -0.39 is 0 Å². The van der Waals surface area contributed by atoms with Crippen LogP contribution in [0.5, 0.6) is 5.75 Å². The van der Waals surface area contributed by atoms with Gasteiger partial charge in [-0.1, -0.05) is 12.1 Å². The predicted molar refractivity (Wildman–Crippen MR) is 76.9 cm³/mol. The minimum atomic E-state index is -0.285. The summed E-state index contributed by atoms with van der Waals surface area (Å²) in [7, 11) is 1.61. The molecule has 0 atom stereocenters. The summed E-state index contributed by atoms with van der Waals surface area (Å²) in [4.78, 5) is 25.1. The molecule has 1 heterocycles. The Labute approximate surface area is 123 Å². The molecule has 0 aromatic heterocycles. The highest BCUT2D eigenvalue weighted by atomic mass is 35.5. The molecule has 1 fully saturated rings. The van der Waals surface area contributed by atoms with Crippen molar-refractivity contribution in [3.05, 3.63) is 29.8 Å². The zero-order chi connectivity index (χ0) is 14.5. The summed E-state index contributed by atoms with van der Waals surface area (Å²) in [6.45, 7) is 1.22. The van der Waals surface area contributed by atoms with Crippen LogP contribution in [0.1, 0.15) is 18.4 Å². The van der Waals surface area contributed by atoms with Gasteiger partial charge in [0, 0.05) is 19.0 Å². The highest BCUT2D eigenvalue weighted by molar-refractivity contribution is 6.63. The Bertz CT molecular complexity index is 478. The monoisotopic (exact) mass is 295 g/mol. The third-order valence-electron chi connectivity index (χ3n) is 3.68. The summed E-state index contributed by atoms with van der Waals surface area (Å²) in [6, 6.07) is 7.49. The number of carbonyl (C=O) groups excluding carboxylic acids is 2. The average Bonchev–Trinajstić information content (AvgIpc) is 2.48. The lowest BCUT2D eigenvalue weighted by molar-refractivity contribution is -0.133. The highest BCUT2D eigenvalue weighted by Gasteiger charge is 2.26. The molecule has 2 rings (SSSR count). The van der Waals surface area contributed by atoms with Gasteiger partial charge in [-0.25, -0.2) is 0 Å². The van der Waals surface area contributed by atoms with E-state index in [1.807, 2.05) is 24.3 Å². The topological polar surface area (TPSA) is 46.6 Å². The maximum Gasteiger partial charge on any atom is 0.226 e. The zero-order valence-corrected chi connectivity index (χ0v) is 12.2. The molecular weight excluding hydrogens is 278 g/mol. The van der Waals surface area contributed by atoms with Gasteiger partial charge >= 0.3 is 0 Å². The molecule has 0 unspecified atom stereocenters. The maximum atomic E-state index is 12.2. The molecular formula is C15H18ClNO3. The van der Waals surface area contributed by atoms with Gasteiger partial charge in [-0.05, 0) is 42.1 Å². The van der Waals surface area contributed by atoms with Crippen molar-refractivity contribution in [2.75, 3.05) is 20.2 Å². The lowest BCUT2D eigenvalue weighted by Gasteiger charge is -2.30. The van der Waals surface area contributed by atoms with Gasteiger partial charge in [-0.15, -0.1) is 0 Å². The Morgan fingerprint density at radius 1 is 1.25 bits per heavy atom. The molecule has 0 radical (unpaired) electrons. The van der Waals surface area contributed by atoms with E-state index in [4.69, 9.17) is 16.3 Å². The molecule has 5 heteroatoms. The lowest BCUT2D eigenvalue weighted by Crippen LogP contribution is -2.40. The van der Waals surface area contributed by atoms with Crippen molar-refractivity contribution in [2.24, 2.45) is 5.92 Å². The molecule has 1 aliphatic heterocycles. The van der Waals surface area contributed by atoms with E-state index in [1.54, 1.807) is 12.0 Å². The van der Waals surface area contributed by atoms with E-state index in [-0.39, 0.29) is 17.1 Å². The van der Waals surface area contributed by atoms with Gasteiger partial charge in [0.15, 0.2) is 0 Å². The molecule has 108 valence electrons. The van der Waals surface area contributed by atoms with Crippen molar-refractivity contribution in [3.63, 3.8) is 0 Å². The first-order valence-electron chi connectivity index (χ1n) is 6.70. The molecule has 1 amide bonds. The van der Waals surface area contributed by atoms with E-state index in [0.717, 1.165) is 11.3 Å². The Morgan fingerprint density at radius 3 is 2.35 bits per heavy atom. The Kier molecular flexibility index (Phi) is 5.01. The first-order valence-corrected chi connectivity index (χ1v) is 7.08. The van der Waals surface area contributed by atoms with Gasteiger partial charge in [0.05, 0.1) is 13.5 Å². The molecule has 20 heavy (non-hydrogen) atoms. The molecule has 4 nitrogen and oxygen atoms in total. The standard InChI is InChI=1S/C15H18ClNO3/c1-20-13-4-2-11(3-5-13)10-14(18)17-8-6-12(7-9-17)15(16)19/h2-5,12H,6-10H2,1H3. The molecule has 0 spiro atoms. The number of likely N-dealkylation sites (tertiary alicyclic amines) is 1. The third-order valence-corrected chi connectivity index (χ3v) is 3.99. The van der Waals surface area contributed by atoms with E-state index in [0.29, 0.717) is 32.4 Å². The number of benzene rings is 1. The van der Waals surface area contributed by atoms with E-state index >= 15 is 0 Å². The van der Waals surface area contributed by atoms with Gasteiger partial charge < -0.3 is 9.64 Å². The number of nitrogens with zero attached hydrogens (tertiary/aromatic N) is 1. The molecule has 1 aromatic carbocycles. The van der Waals surface area contributed by atoms with Crippen LogP contribution >= 0.6 is 11.6 Å². The van der Waals surface area contributed by atoms with Crippen molar-refractivity contribution < 1.29 is 14.3 Å². The minimum absolute atomic E-state index is 0.0932. The number of hydrogen-bond acceptors (Lipinski definition) is 3. The molecule has 0 aliphatic carbocycles. The Morgan fingerprint density at radius 2 is 1.85 bits per heavy atom. The molecule has 0 saturated carbocycles. The van der Waals surface area contributed by atoms with Gasteiger partial charge in [0.1, 0.15) is 5.75 Å². The van der Waals surface area contributed by atoms with Crippen molar-refractivity contribution in [2.45, 2.75) is 19.3 Å². The van der Waals surface area contributed by atoms with E-state index in [2.05, 4.69) is 0 Å². The van der Waals surface area contributed by atoms with E-state index in [1.165, 1.54) is 0 Å². The summed E-state index contributed by atoms with van der Waals surface area (Å²) in [5.74, 6) is 0.778. The van der Waals surface area contributed by atoms with Gasteiger partial charge in [-0.2, -0.15) is 0 Å². The van der Waals surface area contributed by atoms with Crippen molar-refractivity contribution in [1.82, 2.24) is 4.90 Å². The van der Waals surface area contributed by atoms with Crippen LogP contribution in [0.2, 0.25) is 0 Å². The van der Waals surface area contributed by atoms with Gasteiger partial charge in [-0.3, -0.25) is 9.59 Å². The SMILES string of the molecule is COc1ccc(CC(=O)N2CCC(C(=O)Cl)CC2)cc1. The second kappa shape index (κ2) is 6.75. The first-order chi connectivity index (χ1) is 9.60. The van der Waals surface area contributed by atoms with Crippen LogP contribution in [-0.4, -0.2) is 36.2 Å². The summed E-state index contributed by atoms with van der Waals surface area (Å²) in [5.41, 5.74) is 0.964. The van der Waals surface area contributed by atoms with Crippen molar-refractivity contribution in [1.29, 1.82) is 0 Å². The van der Waals surface area contributed by atoms with Crippen LogP contribution < -0.4 is 4.74 Å². The quantitative estimate of drug-likeness (QED) is 0.800. The predicted octanol–water partition coefficient (Wildman–Crippen LogP) is 2.24. The first kappa shape index (κ1) is 14.9. The van der Waals surface area contributed by atoms with Gasteiger partial charge in [0.2, 0.25) is 11.1 Å². The zero-order valence-electron chi connectivity index (χ0n) is 11.5. The Balaban J connectivity index is 1.87. The van der Waals surface area contributed by atoms with Crippen LogP contribution in [-0.2, 0) is 16.0 Å².